The molecule has 1 atom stereocenters. The van der Waals surface area contributed by atoms with Gasteiger partial charge in [-0.05, 0) is 41.1 Å². The molecule has 1 N–H and O–H groups in total. The van der Waals surface area contributed by atoms with E-state index in [1.54, 1.807) is 6.20 Å². The van der Waals surface area contributed by atoms with Crippen LogP contribution < -0.4 is 0 Å². The average Bonchev–Trinajstić information content (AvgIpc) is 2.79. The number of aryl methyl sites for hydroxylation is 1. The highest BCUT2D eigenvalue weighted by molar-refractivity contribution is 9.10. The Morgan fingerprint density at radius 2 is 2.36 bits per heavy atom. The standard InChI is InChI=1S/C10H15BrN2O/c1-3-13-8(7(11)6-12-13)9(14)10(2)4-5-10/h6,9,14H,3-5H2,1-2H3. The van der Waals surface area contributed by atoms with Gasteiger partial charge in [-0.25, -0.2) is 0 Å². The van der Waals surface area contributed by atoms with Crippen LogP contribution in [0, 0.1) is 5.41 Å². The van der Waals surface area contributed by atoms with Gasteiger partial charge in [0.05, 0.1) is 16.4 Å². The summed E-state index contributed by atoms with van der Waals surface area (Å²) in [5, 5.41) is 14.4. The number of aliphatic hydroxyl groups is 1. The molecule has 2 rings (SSSR count). The molecule has 0 saturated heterocycles. The quantitative estimate of drug-likeness (QED) is 0.905. The molecule has 14 heavy (non-hydrogen) atoms. The molecule has 1 aromatic heterocycles. The molecule has 1 aliphatic rings. The van der Waals surface area contributed by atoms with Crippen LogP contribution in [0.3, 0.4) is 0 Å². The lowest BCUT2D eigenvalue weighted by atomic mass is 9.99. The Hall–Kier alpha value is -0.350. The van der Waals surface area contributed by atoms with Crippen LogP contribution in [0.15, 0.2) is 10.7 Å². The van der Waals surface area contributed by atoms with Crippen molar-refractivity contribution in [3.63, 3.8) is 0 Å². The topological polar surface area (TPSA) is 38.0 Å². The second-order valence-electron chi connectivity index (χ2n) is 4.25. The van der Waals surface area contributed by atoms with Gasteiger partial charge in [-0.1, -0.05) is 6.92 Å². The molecule has 0 radical (unpaired) electrons. The van der Waals surface area contributed by atoms with Gasteiger partial charge >= 0.3 is 0 Å². The van der Waals surface area contributed by atoms with Crippen molar-refractivity contribution in [1.82, 2.24) is 9.78 Å². The number of aliphatic hydroxyl groups excluding tert-OH is 1. The van der Waals surface area contributed by atoms with Gasteiger partial charge in [-0.3, -0.25) is 4.68 Å². The number of hydrogen-bond donors (Lipinski definition) is 1. The van der Waals surface area contributed by atoms with Gasteiger partial charge in [0.25, 0.3) is 0 Å². The maximum absolute atomic E-state index is 10.2. The first-order valence-corrected chi connectivity index (χ1v) is 5.77. The van der Waals surface area contributed by atoms with Crippen LogP contribution in [0.1, 0.15) is 38.5 Å². The summed E-state index contributed by atoms with van der Waals surface area (Å²) in [4.78, 5) is 0. The second-order valence-corrected chi connectivity index (χ2v) is 5.10. The molecule has 1 saturated carbocycles. The third-order valence-electron chi connectivity index (χ3n) is 3.09. The van der Waals surface area contributed by atoms with Gasteiger partial charge in [-0.15, -0.1) is 0 Å². The molecule has 0 bridgehead atoms. The molecule has 0 amide bonds. The average molecular weight is 259 g/mol. The summed E-state index contributed by atoms with van der Waals surface area (Å²) in [6, 6.07) is 0. The molecule has 0 aromatic carbocycles. The third kappa shape index (κ3) is 1.50. The Morgan fingerprint density at radius 3 is 2.86 bits per heavy atom. The first kappa shape index (κ1) is 10.2. The number of nitrogens with zero attached hydrogens (tertiary/aromatic N) is 2. The van der Waals surface area contributed by atoms with Crippen molar-refractivity contribution in [3.8, 4) is 0 Å². The minimum absolute atomic E-state index is 0.0788. The highest BCUT2D eigenvalue weighted by atomic mass is 79.9. The van der Waals surface area contributed by atoms with Crippen molar-refractivity contribution in [2.75, 3.05) is 0 Å². The molecule has 1 unspecified atom stereocenters. The van der Waals surface area contributed by atoms with E-state index in [-0.39, 0.29) is 11.5 Å². The van der Waals surface area contributed by atoms with Gasteiger partial charge in [0, 0.05) is 6.54 Å². The van der Waals surface area contributed by atoms with Gasteiger partial charge in [-0.2, -0.15) is 5.10 Å². The van der Waals surface area contributed by atoms with Crippen molar-refractivity contribution in [3.05, 3.63) is 16.4 Å². The van der Waals surface area contributed by atoms with E-state index >= 15 is 0 Å². The van der Waals surface area contributed by atoms with E-state index < -0.39 is 0 Å². The second kappa shape index (κ2) is 3.35. The summed E-state index contributed by atoms with van der Waals surface area (Å²) in [5.41, 5.74) is 1.00. The third-order valence-corrected chi connectivity index (χ3v) is 3.70. The first-order valence-electron chi connectivity index (χ1n) is 4.98. The van der Waals surface area contributed by atoms with E-state index in [9.17, 15) is 5.11 Å². The van der Waals surface area contributed by atoms with E-state index in [0.717, 1.165) is 29.6 Å². The van der Waals surface area contributed by atoms with Crippen molar-refractivity contribution < 1.29 is 5.11 Å². The molecule has 1 aromatic rings. The van der Waals surface area contributed by atoms with E-state index in [1.165, 1.54) is 0 Å². The summed E-state index contributed by atoms with van der Waals surface area (Å²) in [7, 11) is 0. The smallest absolute Gasteiger partial charge is 0.102 e. The highest BCUT2D eigenvalue weighted by Gasteiger charge is 2.46. The Morgan fingerprint density at radius 1 is 1.71 bits per heavy atom. The van der Waals surface area contributed by atoms with E-state index in [4.69, 9.17) is 0 Å². The molecular formula is C10H15BrN2O. The summed E-state index contributed by atoms with van der Waals surface area (Å²) >= 11 is 3.44. The Balaban J connectivity index is 2.34. The van der Waals surface area contributed by atoms with Crippen LogP contribution in [0.5, 0.6) is 0 Å². The molecule has 78 valence electrons. The fourth-order valence-corrected chi connectivity index (χ4v) is 2.21. The van der Waals surface area contributed by atoms with Crippen LogP contribution in [-0.4, -0.2) is 14.9 Å². The van der Waals surface area contributed by atoms with E-state index in [2.05, 4.69) is 28.0 Å². The molecule has 0 spiro atoms. The lowest BCUT2D eigenvalue weighted by Crippen LogP contribution is -2.15. The Labute approximate surface area is 92.2 Å². The van der Waals surface area contributed by atoms with Gasteiger partial charge < -0.3 is 5.11 Å². The van der Waals surface area contributed by atoms with Crippen molar-refractivity contribution in [2.45, 2.75) is 39.3 Å². The number of aromatic nitrogens is 2. The number of rotatable bonds is 3. The van der Waals surface area contributed by atoms with Crippen LogP contribution in [0.4, 0.5) is 0 Å². The normalized spacial score (nSPS) is 20.9. The molecule has 0 aliphatic heterocycles. The summed E-state index contributed by atoms with van der Waals surface area (Å²) in [6.45, 7) is 4.95. The zero-order chi connectivity index (χ0) is 10.3. The van der Waals surface area contributed by atoms with Gasteiger partial charge in [0.15, 0.2) is 0 Å². The number of halogens is 1. The molecular weight excluding hydrogens is 244 g/mol. The number of hydrogen-bond acceptors (Lipinski definition) is 2. The maximum atomic E-state index is 10.2. The predicted octanol–water partition coefficient (Wildman–Crippen LogP) is 2.50. The Bertz CT molecular complexity index is 344. The summed E-state index contributed by atoms with van der Waals surface area (Å²) in [6.07, 6.45) is 3.58. The molecule has 1 fully saturated rings. The van der Waals surface area contributed by atoms with Crippen LogP contribution in [-0.2, 0) is 6.54 Å². The lowest BCUT2D eigenvalue weighted by Gasteiger charge is -2.19. The zero-order valence-electron chi connectivity index (χ0n) is 8.50. The van der Waals surface area contributed by atoms with Crippen molar-refractivity contribution >= 4 is 15.9 Å². The monoisotopic (exact) mass is 258 g/mol. The van der Waals surface area contributed by atoms with Crippen LogP contribution in [0.25, 0.3) is 0 Å². The Kier molecular flexibility index (Phi) is 2.43. The van der Waals surface area contributed by atoms with Gasteiger partial charge in [0.1, 0.15) is 6.10 Å². The minimum atomic E-state index is -0.390. The zero-order valence-corrected chi connectivity index (χ0v) is 10.1. The lowest BCUT2D eigenvalue weighted by molar-refractivity contribution is 0.0936. The fraction of sp³-hybridized carbons (Fsp3) is 0.700. The van der Waals surface area contributed by atoms with Gasteiger partial charge in [0.2, 0.25) is 0 Å². The fourth-order valence-electron chi connectivity index (χ4n) is 1.70. The molecule has 1 heterocycles. The predicted molar refractivity (Wildman–Crippen MR) is 57.9 cm³/mol. The van der Waals surface area contributed by atoms with Crippen molar-refractivity contribution in [1.29, 1.82) is 0 Å². The van der Waals surface area contributed by atoms with Crippen LogP contribution >= 0.6 is 15.9 Å². The molecule has 3 nitrogen and oxygen atoms in total. The minimum Gasteiger partial charge on any atom is -0.386 e. The highest BCUT2D eigenvalue weighted by Crippen LogP contribution is 2.55. The van der Waals surface area contributed by atoms with Crippen LogP contribution in [0.2, 0.25) is 0 Å². The maximum Gasteiger partial charge on any atom is 0.102 e. The van der Waals surface area contributed by atoms with E-state index in [0.29, 0.717) is 0 Å². The molecule has 4 heteroatoms. The first-order chi connectivity index (χ1) is 6.58. The largest absolute Gasteiger partial charge is 0.386 e. The van der Waals surface area contributed by atoms with Crippen molar-refractivity contribution in [2.24, 2.45) is 5.41 Å². The summed E-state index contributed by atoms with van der Waals surface area (Å²) < 4.78 is 2.78. The SMILES string of the molecule is CCn1ncc(Br)c1C(O)C1(C)CC1. The summed E-state index contributed by atoms with van der Waals surface area (Å²) in [5.74, 6) is 0. The van der Waals surface area contributed by atoms with E-state index in [1.807, 2.05) is 11.6 Å². The molecule has 1 aliphatic carbocycles.